The first kappa shape index (κ1) is 19.8. The minimum Gasteiger partial charge on any atom is -0.465 e. The molecule has 3 aromatic rings. The molecular weight excluding hydrogens is 374 g/mol. The fourth-order valence-corrected chi connectivity index (χ4v) is 3.98. The van der Waals surface area contributed by atoms with Gasteiger partial charge in [0.05, 0.1) is 24.6 Å². The largest absolute Gasteiger partial charge is 0.465 e. The first-order chi connectivity index (χ1) is 14.7. The summed E-state index contributed by atoms with van der Waals surface area (Å²) in [6.07, 6.45) is 1.68. The van der Waals surface area contributed by atoms with Crippen LogP contribution in [0.25, 0.3) is 0 Å². The number of carbonyl (C=O) groups excluding carboxylic acids is 2. The fraction of sp³-hybridized carbons (Fsp3) is 0.192. The minimum absolute atomic E-state index is 0.0145. The van der Waals surface area contributed by atoms with Crippen molar-refractivity contribution in [1.82, 2.24) is 0 Å². The summed E-state index contributed by atoms with van der Waals surface area (Å²) in [4.78, 5) is 30.2. The van der Waals surface area contributed by atoms with Crippen LogP contribution in [-0.4, -0.2) is 30.6 Å². The molecule has 0 aliphatic carbocycles. The van der Waals surface area contributed by atoms with Gasteiger partial charge in [-0.25, -0.2) is 4.79 Å². The highest BCUT2D eigenvalue weighted by molar-refractivity contribution is 6.05. The Hall–Kier alpha value is -3.53. The van der Waals surface area contributed by atoms with E-state index in [-0.39, 0.29) is 17.7 Å². The molecule has 0 spiro atoms. The molecule has 4 nitrogen and oxygen atoms in total. The van der Waals surface area contributed by atoms with Crippen molar-refractivity contribution in [3.8, 4) is 0 Å². The van der Waals surface area contributed by atoms with Gasteiger partial charge in [0, 0.05) is 11.3 Å². The number of hydrogen-bond acceptors (Lipinski definition) is 4. The van der Waals surface area contributed by atoms with E-state index >= 15 is 0 Å². The topological polar surface area (TPSA) is 55.7 Å². The van der Waals surface area contributed by atoms with Crippen molar-refractivity contribution < 1.29 is 14.3 Å². The Balaban J connectivity index is 1.67. The Kier molecular flexibility index (Phi) is 5.84. The van der Waals surface area contributed by atoms with Crippen LogP contribution in [0.15, 0.2) is 89.9 Å². The maximum atomic E-state index is 13.5. The molecule has 150 valence electrons. The van der Waals surface area contributed by atoms with Crippen LogP contribution in [0.4, 0.5) is 0 Å². The average Bonchev–Trinajstić information content (AvgIpc) is 3.30. The van der Waals surface area contributed by atoms with E-state index < -0.39 is 5.97 Å². The van der Waals surface area contributed by atoms with Crippen molar-refractivity contribution in [2.45, 2.75) is 24.8 Å². The molecule has 0 N–H and O–H groups in total. The summed E-state index contributed by atoms with van der Waals surface area (Å²) in [6, 6.07) is 26.5. The summed E-state index contributed by atoms with van der Waals surface area (Å²) in [5.74, 6) is -0.765. The molecule has 1 aliphatic rings. The highest BCUT2D eigenvalue weighted by atomic mass is 16.5. The maximum Gasteiger partial charge on any atom is 0.337 e. The molecule has 0 aromatic heterocycles. The molecule has 2 atom stereocenters. The van der Waals surface area contributed by atoms with Gasteiger partial charge in [0.2, 0.25) is 0 Å². The molecule has 3 aromatic carbocycles. The predicted octanol–water partition coefficient (Wildman–Crippen LogP) is 5.09. The Morgan fingerprint density at radius 2 is 1.47 bits per heavy atom. The average molecular weight is 397 g/mol. The van der Waals surface area contributed by atoms with Crippen LogP contribution in [0.3, 0.4) is 0 Å². The van der Waals surface area contributed by atoms with E-state index in [0.717, 1.165) is 29.7 Å². The van der Waals surface area contributed by atoms with Crippen molar-refractivity contribution in [3.63, 3.8) is 0 Å². The Labute approximate surface area is 176 Å². The third kappa shape index (κ3) is 4.08. The van der Waals surface area contributed by atoms with Gasteiger partial charge < -0.3 is 4.74 Å². The number of aliphatic imine (C=N–C) groups is 1. The molecule has 0 fully saturated rings. The molecule has 0 radical (unpaired) electrons. The standard InChI is InChI=1S/C26H23NO3/c1-30-26(29)21-14-12-20(13-15-21)25(28)24(19-10-6-3-7-11-19)23-17-16-22(27-23)18-8-4-2-5-9-18/h2-15,23-24H,16-17H2,1H3/t23?,24-/m1/s1. The molecule has 4 rings (SSSR count). The first-order valence-corrected chi connectivity index (χ1v) is 10.1. The highest BCUT2D eigenvalue weighted by Gasteiger charge is 2.33. The van der Waals surface area contributed by atoms with Crippen LogP contribution >= 0.6 is 0 Å². The number of hydrogen-bond donors (Lipinski definition) is 0. The molecular formula is C26H23NO3. The number of Topliss-reactive ketones (excluding diaryl/α,β-unsaturated/α-hetero) is 1. The molecule has 4 heteroatoms. The van der Waals surface area contributed by atoms with E-state index in [4.69, 9.17) is 9.73 Å². The zero-order valence-corrected chi connectivity index (χ0v) is 16.8. The normalized spacial score (nSPS) is 16.6. The van der Waals surface area contributed by atoms with Crippen molar-refractivity contribution in [2.24, 2.45) is 4.99 Å². The van der Waals surface area contributed by atoms with Crippen LogP contribution in [0, 0.1) is 0 Å². The lowest BCUT2D eigenvalue weighted by Gasteiger charge is -2.21. The summed E-state index contributed by atoms with van der Waals surface area (Å²) < 4.78 is 4.75. The third-order valence-corrected chi connectivity index (χ3v) is 5.52. The van der Waals surface area contributed by atoms with Gasteiger partial charge in [-0.05, 0) is 36.1 Å². The summed E-state index contributed by atoms with van der Waals surface area (Å²) in [6.45, 7) is 0. The minimum atomic E-state index is -0.415. The first-order valence-electron chi connectivity index (χ1n) is 10.1. The SMILES string of the molecule is COC(=O)c1ccc(C(=O)[C@H](c2ccccc2)C2CCC(c3ccccc3)=N2)cc1. The zero-order valence-electron chi connectivity index (χ0n) is 16.8. The second kappa shape index (κ2) is 8.87. The number of methoxy groups -OCH3 is 1. The quantitative estimate of drug-likeness (QED) is 0.430. The van der Waals surface area contributed by atoms with Gasteiger partial charge in [-0.3, -0.25) is 9.79 Å². The number of ether oxygens (including phenoxy) is 1. The van der Waals surface area contributed by atoms with E-state index in [1.165, 1.54) is 7.11 Å². The van der Waals surface area contributed by atoms with Gasteiger partial charge in [0.15, 0.2) is 5.78 Å². The Bertz CT molecular complexity index is 1060. The summed E-state index contributed by atoms with van der Waals surface area (Å²) in [5, 5.41) is 0. The van der Waals surface area contributed by atoms with Gasteiger partial charge in [-0.2, -0.15) is 0 Å². The second-order valence-electron chi connectivity index (χ2n) is 7.37. The van der Waals surface area contributed by atoms with Gasteiger partial charge in [-0.15, -0.1) is 0 Å². The lowest BCUT2D eigenvalue weighted by atomic mass is 9.83. The summed E-state index contributed by atoms with van der Waals surface area (Å²) >= 11 is 0. The van der Waals surface area contributed by atoms with Gasteiger partial charge in [-0.1, -0.05) is 72.8 Å². The van der Waals surface area contributed by atoms with Gasteiger partial charge in [0.25, 0.3) is 0 Å². The van der Waals surface area contributed by atoms with Crippen molar-refractivity contribution in [1.29, 1.82) is 0 Å². The molecule has 1 unspecified atom stereocenters. The number of esters is 1. The van der Waals surface area contributed by atoms with Crippen LogP contribution in [0.2, 0.25) is 0 Å². The lowest BCUT2D eigenvalue weighted by molar-refractivity contribution is 0.0600. The van der Waals surface area contributed by atoms with Gasteiger partial charge >= 0.3 is 5.97 Å². The summed E-state index contributed by atoms with van der Waals surface area (Å²) in [7, 11) is 1.34. The van der Waals surface area contributed by atoms with E-state index in [1.807, 2.05) is 48.5 Å². The van der Waals surface area contributed by atoms with E-state index in [0.29, 0.717) is 11.1 Å². The van der Waals surface area contributed by atoms with E-state index in [1.54, 1.807) is 24.3 Å². The fourth-order valence-electron chi connectivity index (χ4n) is 3.98. The molecule has 0 amide bonds. The molecule has 0 saturated heterocycles. The van der Waals surface area contributed by atoms with Crippen LogP contribution in [0.1, 0.15) is 50.6 Å². The molecule has 30 heavy (non-hydrogen) atoms. The van der Waals surface area contributed by atoms with Crippen LogP contribution in [-0.2, 0) is 4.74 Å². The van der Waals surface area contributed by atoms with Crippen molar-refractivity contribution in [2.75, 3.05) is 7.11 Å². The number of carbonyl (C=O) groups is 2. The number of benzene rings is 3. The van der Waals surface area contributed by atoms with Crippen LogP contribution < -0.4 is 0 Å². The van der Waals surface area contributed by atoms with Crippen molar-refractivity contribution >= 4 is 17.5 Å². The Morgan fingerprint density at radius 1 is 0.867 bits per heavy atom. The maximum absolute atomic E-state index is 13.5. The third-order valence-electron chi connectivity index (χ3n) is 5.52. The number of nitrogens with zero attached hydrogens (tertiary/aromatic N) is 1. The molecule has 0 saturated carbocycles. The Morgan fingerprint density at radius 3 is 2.10 bits per heavy atom. The number of rotatable bonds is 6. The van der Waals surface area contributed by atoms with E-state index in [9.17, 15) is 9.59 Å². The van der Waals surface area contributed by atoms with E-state index in [2.05, 4.69) is 12.1 Å². The lowest BCUT2D eigenvalue weighted by Crippen LogP contribution is -2.24. The molecule has 1 aliphatic heterocycles. The molecule has 0 bridgehead atoms. The van der Waals surface area contributed by atoms with Crippen LogP contribution in [0.5, 0.6) is 0 Å². The number of ketones is 1. The molecule has 1 heterocycles. The second-order valence-corrected chi connectivity index (χ2v) is 7.37. The van der Waals surface area contributed by atoms with Crippen molar-refractivity contribution in [3.05, 3.63) is 107 Å². The monoisotopic (exact) mass is 397 g/mol. The highest BCUT2D eigenvalue weighted by Crippen LogP contribution is 2.33. The predicted molar refractivity (Wildman–Crippen MR) is 117 cm³/mol. The zero-order chi connectivity index (χ0) is 20.9. The summed E-state index contributed by atoms with van der Waals surface area (Å²) in [5.41, 5.74) is 4.12. The smallest absolute Gasteiger partial charge is 0.337 e. The van der Waals surface area contributed by atoms with Gasteiger partial charge in [0.1, 0.15) is 0 Å².